The van der Waals surface area contributed by atoms with E-state index in [1.54, 1.807) is 52.0 Å². The Morgan fingerprint density at radius 3 is 2.27 bits per heavy atom. The first-order chi connectivity index (χ1) is 17.4. The molecule has 0 aromatic heterocycles. The molecule has 0 saturated heterocycles. The number of hydrogen-bond acceptors (Lipinski definition) is 6. The molecular weight excluding hydrogens is 468 g/mol. The van der Waals surface area contributed by atoms with Gasteiger partial charge in [-0.05, 0) is 75.6 Å². The van der Waals surface area contributed by atoms with Crippen LogP contribution in [-0.2, 0) is 26.3 Å². The summed E-state index contributed by atoms with van der Waals surface area (Å²) < 4.78 is 18.1. The highest BCUT2D eigenvalue weighted by Crippen LogP contribution is 2.56. The van der Waals surface area contributed by atoms with E-state index in [0.717, 1.165) is 5.56 Å². The number of fused-ring (bicyclic) bond motifs is 6. The van der Waals surface area contributed by atoms with Gasteiger partial charge in [-0.15, -0.1) is 0 Å². The zero-order valence-electron chi connectivity index (χ0n) is 21.6. The molecule has 6 heteroatoms. The van der Waals surface area contributed by atoms with Crippen molar-refractivity contribution in [2.45, 2.75) is 46.6 Å². The molecule has 2 heterocycles. The van der Waals surface area contributed by atoms with Gasteiger partial charge in [-0.3, -0.25) is 9.59 Å². The van der Waals surface area contributed by atoms with Crippen molar-refractivity contribution in [1.82, 2.24) is 0 Å². The van der Waals surface area contributed by atoms with Crippen LogP contribution in [0.5, 0.6) is 17.2 Å². The normalized spacial score (nSPS) is 17.3. The van der Waals surface area contributed by atoms with Gasteiger partial charge in [-0.1, -0.05) is 30.8 Å². The van der Waals surface area contributed by atoms with Gasteiger partial charge in [0.2, 0.25) is 0 Å². The van der Waals surface area contributed by atoms with E-state index >= 15 is 0 Å². The second-order valence-electron chi connectivity index (χ2n) is 10.7. The Morgan fingerprint density at radius 2 is 1.59 bits per heavy atom. The van der Waals surface area contributed by atoms with E-state index in [1.165, 1.54) is 0 Å². The predicted octanol–water partition coefficient (Wildman–Crippen LogP) is 6.20. The summed E-state index contributed by atoms with van der Waals surface area (Å²) in [4.78, 5) is 38.0. The van der Waals surface area contributed by atoms with Gasteiger partial charge >= 0.3 is 11.9 Å². The van der Waals surface area contributed by atoms with Crippen molar-refractivity contribution < 1.29 is 28.6 Å². The molecule has 0 saturated carbocycles. The fourth-order valence-electron chi connectivity index (χ4n) is 4.63. The second kappa shape index (κ2) is 8.44. The lowest BCUT2D eigenvalue weighted by atomic mass is 9.77. The molecule has 0 N–H and O–H groups in total. The highest BCUT2D eigenvalue weighted by atomic mass is 16.6. The van der Waals surface area contributed by atoms with E-state index in [2.05, 4.69) is 6.58 Å². The lowest BCUT2D eigenvalue weighted by molar-refractivity contribution is -0.143. The highest BCUT2D eigenvalue weighted by molar-refractivity contribution is 5.99. The Balaban J connectivity index is 1.66. The van der Waals surface area contributed by atoms with Gasteiger partial charge in [-0.2, -0.15) is 0 Å². The van der Waals surface area contributed by atoms with Crippen LogP contribution in [0.15, 0.2) is 66.7 Å². The summed E-state index contributed by atoms with van der Waals surface area (Å²) in [7, 11) is 0. The topological polar surface area (TPSA) is 78.9 Å². The van der Waals surface area contributed by atoms with Gasteiger partial charge in [0.15, 0.2) is 11.4 Å². The van der Waals surface area contributed by atoms with Gasteiger partial charge in [0.05, 0.1) is 11.0 Å². The Hall–Kier alpha value is -4.19. The molecule has 1 unspecified atom stereocenters. The number of carbonyl (C=O) groups is 3. The fourth-order valence-corrected chi connectivity index (χ4v) is 4.63. The van der Waals surface area contributed by atoms with E-state index < -0.39 is 17.0 Å². The lowest BCUT2D eigenvalue weighted by Gasteiger charge is -2.36. The van der Waals surface area contributed by atoms with Crippen molar-refractivity contribution in [2.24, 2.45) is 5.41 Å². The van der Waals surface area contributed by atoms with Crippen LogP contribution in [0.25, 0.3) is 0 Å². The molecule has 0 aliphatic carbocycles. The number of allylic oxidation sites excluding steroid dienone is 1. The number of hydrogen-bond donors (Lipinski definition) is 0. The molecule has 6 nitrogen and oxygen atoms in total. The van der Waals surface area contributed by atoms with Crippen LogP contribution in [-0.4, -0.2) is 17.7 Å². The number of rotatable bonds is 4. The standard InChI is InChI=1S/C31H28O6/c1-17(2)25(32)15-19-8-11-22-21(14-19)28(33)37-31(22)23-10-7-18(3)13-26(23)36-27-16-20(9-12-24(27)31)35-29(34)30(4,5)6/h7-14,16H,1,15H2,2-6H3. The van der Waals surface area contributed by atoms with Crippen molar-refractivity contribution >= 4 is 17.7 Å². The first-order valence-corrected chi connectivity index (χ1v) is 12.1. The minimum Gasteiger partial charge on any atom is -0.456 e. The summed E-state index contributed by atoms with van der Waals surface area (Å²) in [6.45, 7) is 12.7. The summed E-state index contributed by atoms with van der Waals surface area (Å²) >= 11 is 0. The fraction of sp³-hybridized carbons (Fsp3) is 0.258. The van der Waals surface area contributed by atoms with Crippen LogP contribution >= 0.6 is 0 Å². The van der Waals surface area contributed by atoms with Gasteiger partial charge < -0.3 is 14.2 Å². The zero-order valence-corrected chi connectivity index (χ0v) is 21.6. The summed E-state index contributed by atoms with van der Waals surface area (Å²) in [5.74, 6) is 0.373. The van der Waals surface area contributed by atoms with E-state index in [9.17, 15) is 14.4 Å². The molecule has 2 aliphatic heterocycles. The molecule has 0 amide bonds. The zero-order chi connectivity index (χ0) is 26.7. The van der Waals surface area contributed by atoms with Crippen LogP contribution < -0.4 is 9.47 Å². The summed E-state index contributed by atoms with van der Waals surface area (Å²) in [5, 5.41) is 0. The molecule has 1 atom stereocenters. The molecule has 3 aromatic carbocycles. The van der Waals surface area contributed by atoms with Crippen molar-refractivity contribution in [3.8, 4) is 17.2 Å². The quantitative estimate of drug-likeness (QED) is 0.243. The molecule has 2 aliphatic rings. The van der Waals surface area contributed by atoms with E-state index in [0.29, 0.717) is 50.6 Å². The smallest absolute Gasteiger partial charge is 0.340 e. The molecule has 1 spiro atoms. The van der Waals surface area contributed by atoms with Crippen molar-refractivity contribution in [3.05, 3.63) is 100 Å². The van der Waals surface area contributed by atoms with Crippen LogP contribution in [0.4, 0.5) is 0 Å². The maximum absolute atomic E-state index is 13.3. The summed E-state index contributed by atoms with van der Waals surface area (Å²) in [6, 6.07) is 16.2. The third-order valence-corrected chi connectivity index (χ3v) is 6.66. The Kier molecular flexibility index (Phi) is 5.59. The number of esters is 2. The number of ketones is 1. The van der Waals surface area contributed by atoms with Crippen LogP contribution in [0.1, 0.15) is 65.9 Å². The third kappa shape index (κ3) is 4.02. The molecule has 5 rings (SSSR count). The van der Waals surface area contributed by atoms with Gasteiger partial charge in [0, 0.05) is 29.2 Å². The van der Waals surface area contributed by atoms with E-state index in [4.69, 9.17) is 14.2 Å². The maximum atomic E-state index is 13.3. The molecule has 3 aromatic rings. The third-order valence-electron chi connectivity index (χ3n) is 6.66. The molecule has 0 fully saturated rings. The average molecular weight is 497 g/mol. The number of benzene rings is 3. The van der Waals surface area contributed by atoms with Gasteiger partial charge in [0.1, 0.15) is 17.2 Å². The predicted molar refractivity (Wildman–Crippen MR) is 138 cm³/mol. The molecule has 188 valence electrons. The molecule has 0 radical (unpaired) electrons. The largest absolute Gasteiger partial charge is 0.456 e. The van der Waals surface area contributed by atoms with Crippen LogP contribution in [0.2, 0.25) is 0 Å². The van der Waals surface area contributed by atoms with Crippen molar-refractivity contribution in [2.75, 3.05) is 0 Å². The maximum Gasteiger partial charge on any atom is 0.340 e. The molecular formula is C31H28O6. The molecule has 37 heavy (non-hydrogen) atoms. The second-order valence-corrected chi connectivity index (χ2v) is 10.7. The summed E-state index contributed by atoms with van der Waals surface area (Å²) in [5.41, 5.74) is 2.61. The minimum absolute atomic E-state index is 0.0874. The SMILES string of the molecule is C=C(C)C(=O)Cc1ccc2c(c1)C(=O)OC21c2ccc(C)cc2Oc2cc(OC(=O)C(C)(C)C)ccc21. The van der Waals surface area contributed by atoms with Gasteiger partial charge in [0.25, 0.3) is 0 Å². The Labute approximate surface area is 215 Å². The number of ether oxygens (including phenoxy) is 3. The monoisotopic (exact) mass is 496 g/mol. The average Bonchev–Trinajstić information content (AvgIpc) is 3.10. The van der Waals surface area contributed by atoms with E-state index in [-0.39, 0.29) is 18.2 Å². The van der Waals surface area contributed by atoms with Crippen molar-refractivity contribution in [3.63, 3.8) is 0 Å². The first-order valence-electron chi connectivity index (χ1n) is 12.1. The minimum atomic E-state index is -1.24. The number of Topliss-reactive ketones (excluding diaryl/α,β-unsaturated/α-hetero) is 1. The van der Waals surface area contributed by atoms with Crippen molar-refractivity contribution in [1.29, 1.82) is 0 Å². The number of carbonyl (C=O) groups excluding carboxylic acids is 3. The van der Waals surface area contributed by atoms with E-state index in [1.807, 2.05) is 37.3 Å². The van der Waals surface area contributed by atoms with Gasteiger partial charge in [-0.25, -0.2) is 4.79 Å². The first kappa shape index (κ1) is 24.5. The Bertz CT molecular complexity index is 1510. The number of aryl methyl sites for hydroxylation is 1. The highest BCUT2D eigenvalue weighted by Gasteiger charge is 2.53. The Morgan fingerprint density at radius 1 is 0.946 bits per heavy atom. The summed E-state index contributed by atoms with van der Waals surface area (Å²) in [6.07, 6.45) is 0.154. The van der Waals surface area contributed by atoms with Crippen LogP contribution in [0.3, 0.4) is 0 Å². The van der Waals surface area contributed by atoms with Crippen LogP contribution in [0, 0.1) is 12.3 Å². The molecule has 0 bridgehead atoms. The lowest BCUT2D eigenvalue weighted by Crippen LogP contribution is -2.33.